The molecule has 7 heteroatoms. The molecule has 120 valence electrons. The number of carbonyl (C=O) groups excluding carboxylic acids is 1. The van der Waals surface area contributed by atoms with Gasteiger partial charge in [0.05, 0.1) is 18.1 Å². The normalized spacial score (nSPS) is 22.1. The second-order valence-electron chi connectivity index (χ2n) is 6.23. The first-order valence-corrected chi connectivity index (χ1v) is 7.93. The van der Waals surface area contributed by atoms with E-state index < -0.39 is 0 Å². The molecule has 2 fully saturated rings. The van der Waals surface area contributed by atoms with E-state index in [1.54, 1.807) is 12.4 Å². The second-order valence-corrected chi connectivity index (χ2v) is 6.23. The summed E-state index contributed by atoms with van der Waals surface area (Å²) in [5, 5.41) is 2.90. The van der Waals surface area contributed by atoms with Crippen LogP contribution in [0.2, 0.25) is 0 Å². The van der Waals surface area contributed by atoms with E-state index in [4.69, 9.17) is 0 Å². The zero-order valence-corrected chi connectivity index (χ0v) is 13.3. The van der Waals surface area contributed by atoms with Crippen LogP contribution < -0.4 is 10.2 Å². The predicted octanol–water partition coefficient (Wildman–Crippen LogP) is 1.24. The molecular weight excluding hydrogens is 280 g/mol. The summed E-state index contributed by atoms with van der Waals surface area (Å²) in [4.78, 5) is 27.1. The van der Waals surface area contributed by atoms with E-state index >= 15 is 0 Å². The summed E-state index contributed by atoms with van der Waals surface area (Å²) in [6.07, 6.45) is 7.06. The molecule has 0 aromatic carbocycles. The molecule has 2 aliphatic rings. The van der Waals surface area contributed by atoms with Crippen molar-refractivity contribution in [2.24, 2.45) is 0 Å². The average Bonchev–Trinajstić information content (AvgIpc) is 2.55. The lowest BCUT2D eigenvalue weighted by molar-refractivity contribution is 0.0678. The molecule has 7 nitrogen and oxygen atoms in total. The first kappa shape index (κ1) is 15.0. The third kappa shape index (κ3) is 3.30. The Labute approximate surface area is 131 Å². The zero-order chi connectivity index (χ0) is 15.5. The third-order valence-electron chi connectivity index (χ3n) is 4.41. The highest BCUT2D eigenvalue weighted by molar-refractivity contribution is 5.89. The molecule has 0 saturated carbocycles. The lowest BCUT2D eigenvalue weighted by Gasteiger charge is -2.43. The fourth-order valence-electron chi connectivity index (χ4n) is 3.16. The number of nitrogens with one attached hydrogen (secondary N) is 1. The first-order chi connectivity index (χ1) is 10.6. The Morgan fingerprint density at radius 1 is 1.23 bits per heavy atom. The van der Waals surface area contributed by atoms with Crippen molar-refractivity contribution in [1.82, 2.24) is 19.8 Å². The minimum atomic E-state index is -0.0496. The van der Waals surface area contributed by atoms with Crippen LogP contribution >= 0.6 is 0 Å². The molecule has 2 amide bonds. The van der Waals surface area contributed by atoms with Crippen LogP contribution in [0.1, 0.15) is 19.3 Å². The van der Waals surface area contributed by atoms with Gasteiger partial charge in [-0.2, -0.15) is 0 Å². The van der Waals surface area contributed by atoms with Crippen molar-refractivity contribution < 1.29 is 4.79 Å². The number of rotatable bonds is 2. The van der Waals surface area contributed by atoms with E-state index in [9.17, 15) is 4.79 Å². The number of fused-ring (bicyclic) bond motifs is 1. The Hall–Kier alpha value is -1.89. The van der Waals surface area contributed by atoms with Crippen LogP contribution in [0.25, 0.3) is 0 Å². The molecule has 2 aliphatic heterocycles. The summed E-state index contributed by atoms with van der Waals surface area (Å²) in [6, 6.07) is 0.479. The summed E-state index contributed by atoms with van der Waals surface area (Å²) in [5.74, 6) is 0.633. The predicted molar refractivity (Wildman–Crippen MR) is 86.2 cm³/mol. The Morgan fingerprint density at radius 3 is 2.73 bits per heavy atom. The van der Waals surface area contributed by atoms with Gasteiger partial charge in [-0.1, -0.05) is 6.42 Å². The number of amides is 2. The molecule has 0 bridgehead atoms. The van der Waals surface area contributed by atoms with Crippen molar-refractivity contribution in [3.8, 4) is 0 Å². The Morgan fingerprint density at radius 2 is 2.00 bits per heavy atom. The topological polar surface area (TPSA) is 64.6 Å². The van der Waals surface area contributed by atoms with E-state index in [1.165, 1.54) is 25.8 Å². The number of piperazine rings is 1. The fraction of sp³-hybridized carbons (Fsp3) is 0.667. The van der Waals surface area contributed by atoms with Gasteiger partial charge in [0.2, 0.25) is 5.95 Å². The molecule has 0 unspecified atom stereocenters. The molecule has 2 saturated heterocycles. The summed E-state index contributed by atoms with van der Waals surface area (Å²) in [6.45, 7) is 3.77. The van der Waals surface area contributed by atoms with Crippen LogP contribution in [0.4, 0.5) is 16.4 Å². The first-order valence-electron chi connectivity index (χ1n) is 7.93. The molecule has 1 atom stereocenters. The number of urea groups is 1. The minimum absolute atomic E-state index is 0.0496. The van der Waals surface area contributed by atoms with Crippen molar-refractivity contribution in [2.75, 3.05) is 50.5 Å². The summed E-state index contributed by atoms with van der Waals surface area (Å²) in [5.41, 5.74) is 0.640. The number of anilines is 2. The van der Waals surface area contributed by atoms with Crippen molar-refractivity contribution in [1.29, 1.82) is 0 Å². The summed E-state index contributed by atoms with van der Waals surface area (Å²) in [7, 11) is 3.77. The van der Waals surface area contributed by atoms with E-state index in [-0.39, 0.29) is 6.03 Å². The Balaban J connectivity index is 1.57. The quantitative estimate of drug-likeness (QED) is 0.891. The standard InChI is InChI=1S/C15H24N6O/c1-19(2)14-16-9-12(10-17-14)18-15(22)21-8-7-20-6-4-3-5-13(20)11-21/h9-10,13H,3-8,11H2,1-2H3,(H,18,22)/t13-/m1/s1. The molecule has 0 radical (unpaired) electrons. The van der Waals surface area contributed by atoms with Crippen molar-refractivity contribution in [2.45, 2.75) is 25.3 Å². The molecule has 0 spiro atoms. The van der Waals surface area contributed by atoms with Gasteiger partial charge in [-0.05, 0) is 19.4 Å². The molecular formula is C15H24N6O. The number of nitrogens with zero attached hydrogens (tertiary/aromatic N) is 5. The summed E-state index contributed by atoms with van der Waals surface area (Å²) < 4.78 is 0. The van der Waals surface area contributed by atoms with Gasteiger partial charge in [0, 0.05) is 39.8 Å². The van der Waals surface area contributed by atoms with Crippen LogP contribution in [0.15, 0.2) is 12.4 Å². The van der Waals surface area contributed by atoms with Gasteiger partial charge >= 0.3 is 6.03 Å². The molecule has 3 rings (SSSR count). The minimum Gasteiger partial charge on any atom is -0.347 e. The smallest absolute Gasteiger partial charge is 0.322 e. The number of hydrogen-bond acceptors (Lipinski definition) is 5. The average molecular weight is 304 g/mol. The number of piperidine rings is 1. The monoisotopic (exact) mass is 304 g/mol. The van der Waals surface area contributed by atoms with Crippen LogP contribution in [0, 0.1) is 0 Å². The molecule has 1 aromatic rings. The van der Waals surface area contributed by atoms with Gasteiger partial charge in [-0.15, -0.1) is 0 Å². The second kappa shape index (κ2) is 6.48. The number of hydrogen-bond donors (Lipinski definition) is 1. The molecule has 22 heavy (non-hydrogen) atoms. The van der Waals surface area contributed by atoms with Gasteiger partial charge in [-0.3, -0.25) is 4.90 Å². The van der Waals surface area contributed by atoms with Crippen LogP contribution in [-0.4, -0.2) is 72.1 Å². The van der Waals surface area contributed by atoms with Crippen LogP contribution in [-0.2, 0) is 0 Å². The summed E-state index contributed by atoms with van der Waals surface area (Å²) >= 11 is 0. The number of aromatic nitrogens is 2. The van der Waals surface area contributed by atoms with Crippen LogP contribution in [0.5, 0.6) is 0 Å². The molecule has 1 aromatic heterocycles. The number of carbonyl (C=O) groups is 1. The largest absolute Gasteiger partial charge is 0.347 e. The van der Waals surface area contributed by atoms with Gasteiger partial charge in [0.25, 0.3) is 0 Å². The zero-order valence-electron chi connectivity index (χ0n) is 13.3. The Bertz CT molecular complexity index is 517. The van der Waals surface area contributed by atoms with E-state index in [0.29, 0.717) is 17.7 Å². The lowest BCUT2D eigenvalue weighted by Crippen LogP contribution is -2.56. The van der Waals surface area contributed by atoms with E-state index in [2.05, 4.69) is 20.2 Å². The van der Waals surface area contributed by atoms with Crippen molar-refractivity contribution >= 4 is 17.7 Å². The highest BCUT2D eigenvalue weighted by Gasteiger charge is 2.30. The maximum Gasteiger partial charge on any atom is 0.322 e. The van der Waals surface area contributed by atoms with Gasteiger partial charge < -0.3 is 15.1 Å². The molecule has 0 aliphatic carbocycles. The maximum atomic E-state index is 12.4. The highest BCUT2D eigenvalue weighted by Crippen LogP contribution is 2.21. The van der Waals surface area contributed by atoms with Crippen LogP contribution in [0.3, 0.4) is 0 Å². The van der Waals surface area contributed by atoms with Gasteiger partial charge in [0.15, 0.2) is 0 Å². The van der Waals surface area contributed by atoms with Crippen molar-refractivity contribution in [3.63, 3.8) is 0 Å². The molecule has 3 heterocycles. The van der Waals surface area contributed by atoms with E-state index in [1.807, 2.05) is 23.9 Å². The van der Waals surface area contributed by atoms with Crippen molar-refractivity contribution in [3.05, 3.63) is 12.4 Å². The Kier molecular flexibility index (Phi) is 4.42. The maximum absolute atomic E-state index is 12.4. The lowest BCUT2D eigenvalue weighted by atomic mass is 10.00. The third-order valence-corrected chi connectivity index (χ3v) is 4.41. The van der Waals surface area contributed by atoms with E-state index in [0.717, 1.165) is 19.6 Å². The SMILES string of the molecule is CN(C)c1ncc(NC(=O)N2CCN3CCCC[C@@H]3C2)cn1. The highest BCUT2D eigenvalue weighted by atomic mass is 16.2. The molecule has 1 N–H and O–H groups in total. The van der Waals surface area contributed by atoms with Gasteiger partial charge in [-0.25, -0.2) is 14.8 Å². The van der Waals surface area contributed by atoms with Gasteiger partial charge in [0.1, 0.15) is 0 Å². The fourth-order valence-corrected chi connectivity index (χ4v) is 3.16.